The highest BCUT2D eigenvalue weighted by molar-refractivity contribution is 5.95. The molecule has 0 aromatic carbocycles. The number of piperazine rings is 1. The zero-order valence-corrected chi connectivity index (χ0v) is 19.3. The molecule has 5 rings (SSSR count). The maximum atomic E-state index is 13.5. The number of furan rings is 1. The van der Waals surface area contributed by atoms with Crippen LogP contribution in [-0.2, 0) is 6.54 Å². The summed E-state index contributed by atoms with van der Waals surface area (Å²) in [6.45, 7) is 8.60. The monoisotopic (exact) mass is 436 g/mol. The van der Waals surface area contributed by atoms with Crippen molar-refractivity contribution in [3.8, 4) is 0 Å². The Balaban J connectivity index is 1.23. The summed E-state index contributed by atoms with van der Waals surface area (Å²) in [6, 6.07) is 8.76. The number of piperidine rings is 1. The van der Waals surface area contributed by atoms with Gasteiger partial charge in [-0.3, -0.25) is 19.6 Å². The zero-order valence-electron chi connectivity index (χ0n) is 19.3. The largest absolute Gasteiger partial charge is 0.468 e. The van der Waals surface area contributed by atoms with Gasteiger partial charge in [-0.1, -0.05) is 12.8 Å². The van der Waals surface area contributed by atoms with Crippen LogP contribution in [0.3, 0.4) is 0 Å². The quantitative estimate of drug-likeness (QED) is 0.707. The van der Waals surface area contributed by atoms with Gasteiger partial charge in [0, 0.05) is 43.8 Å². The van der Waals surface area contributed by atoms with Crippen LogP contribution in [-0.4, -0.2) is 70.9 Å². The number of pyridine rings is 1. The van der Waals surface area contributed by atoms with E-state index in [2.05, 4.69) is 14.7 Å². The highest BCUT2D eigenvalue weighted by Gasteiger charge is 2.31. The fraction of sp³-hybridized carbons (Fsp3) is 0.615. The first-order chi connectivity index (χ1) is 15.7. The van der Waals surface area contributed by atoms with Crippen molar-refractivity contribution in [3.05, 3.63) is 53.2 Å². The third-order valence-electron chi connectivity index (χ3n) is 7.67. The van der Waals surface area contributed by atoms with E-state index in [1.807, 2.05) is 31.2 Å². The van der Waals surface area contributed by atoms with Crippen molar-refractivity contribution in [2.45, 2.75) is 64.0 Å². The minimum absolute atomic E-state index is 0.177. The number of nitrogens with zero attached hydrogens (tertiary/aromatic N) is 4. The first kappa shape index (κ1) is 21.7. The molecule has 6 heteroatoms. The van der Waals surface area contributed by atoms with Crippen molar-refractivity contribution in [1.29, 1.82) is 0 Å². The lowest BCUT2D eigenvalue weighted by Gasteiger charge is -2.38. The van der Waals surface area contributed by atoms with Gasteiger partial charge in [0.05, 0.1) is 24.1 Å². The molecule has 1 saturated carbocycles. The van der Waals surface area contributed by atoms with E-state index in [-0.39, 0.29) is 5.91 Å². The van der Waals surface area contributed by atoms with Crippen LogP contribution < -0.4 is 0 Å². The normalized spacial score (nSPS) is 22.0. The Morgan fingerprint density at radius 3 is 2.44 bits per heavy atom. The molecule has 2 saturated heterocycles. The van der Waals surface area contributed by atoms with Crippen LogP contribution in [0.15, 0.2) is 34.9 Å². The smallest absolute Gasteiger partial charge is 0.255 e. The summed E-state index contributed by atoms with van der Waals surface area (Å²) in [4.78, 5) is 25.5. The zero-order chi connectivity index (χ0) is 21.9. The molecule has 1 aliphatic carbocycles. The van der Waals surface area contributed by atoms with Gasteiger partial charge < -0.3 is 9.32 Å². The second-order valence-corrected chi connectivity index (χ2v) is 9.78. The molecule has 6 nitrogen and oxygen atoms in total. The number of hydrogen-bond donors (Lipinski definition) is 0. The molecule has 0 spiro atoms. The number of likely N-dealkylation sites (tertiary alicyclic amines) is 1. The summed E-state index contributed by atoms with van der Waals surface area (Å²) < 4.78 is 5.51. The lowest BCUT2D eigenvalue weighted by Crippen LogP contribution is -2.51. The Bertz CT molecular complexity index is 891. The molecule has 1 amide bonds. The van der Waals surface area contributed by atoms with E-state index in [0.717, 1.165) is 87.4 Å². The first-order valence-electron chi connectivity index (χ1n) is 12.4. The van der Waals surface area contributed by atoms with Crippen LogP contribution in [0.5, 0.6) is 0 Å². The summed E-state index contributed by atoms with van der Waals surface area (Å²) in [5, 5.41) is 0. The number of carbonyl (C=O) groups is 1. The summed E-state index contributed by atoms with van der Waals surface area (Å²) in [5.41, 5.74) is 2.85. The van der Waals surface area contributed by atoms with Crippen molar-refractivity contribution in [3.63, 3.8) is 0 Å². The summed E-state index contributed by atoms with van der Waals surface area (Å²) in [5.74, 6) is 1.54. The van der Waals surface area contributed by atoms with Crippen LogP contribution >= 0.6 is 0 Å². The molecule has 0 N–H and O–H groups in total. The summed E-state index contributed by atoms with van der Waals surface area (Å²) in [6.07, 6.45) is 9.20. The lowest BCUT2D eigenvalue weighted by atomic mass is 9.89. The van der Waals surface area contributed by atoms with Crippen LogP contribution in [0.1, 0.15) is 71.9 Å². The molecule has 172 valence electrons. The molecule has 0 atom stereocenters. The molecule has 0 radical (unpaired) electrons. The van der Waals surface area contributed by atoms with E-state index in [0.29, 0.717) is 5.92 Å². The van der Waals surface area contributed by atoms with Gasteiger partial charge in [-0.25, -0.2) is 0 Å². The van der Waals surface area contributed by atoms with Crippen molar-refractivity contribution in [1.82, 2.24) is 19.7 Å². The summed E-state index contributed by atoms with van der Waals surface area (Å²) >= 11 is 0. The van der Waals surface area contributed by atoms with Crippen LogP contribution in [0, 0.1) is 6.92 Å². The predicted molar refractivity (Wildman–Crippen MR) is 125 cm³/mol. The van der Waals surface area contributed by atoms with Crippen molar-refractivity contribution in [2.75, 3.05) is 39.3 Å². The second-order valence-electron chi connectivity index (χ2n) is 9.78. The minimum Gasteiger partial charge on any atom is -0.468 e. The van der Waals surface area contributed by atoms with Gasteiger partial charge in [-0.05, 0) is 70.0 Å². The van der Waals surface area contributed by atoms with E-state index in [1.54, 1.807) is 6.26 Å². The number of carbonyl (C=O) groups excluding carboxylic acids is 1. The maximum Gasteiger partial charge on any atom is 0.255 e. The fourth-order valence-electron chi connectivity index (χ4n) is 5.79. The van der Waals surface area contributed by atoms with Gasteiger partial charge in [0.1, 0.15) is 5.76 Å². The van der Waals surface area contributed by atoms with Gasteiger partial charge in [-0.15, -0.1) is 0 Å². The van der Waals surface area contributed by atoms with Gasteiger partial charge in [0.2, 0.25) is 0 Å². The Morgan fingerprint density at radius 2 is 1.75 bits per heavy atom. The third-order valence-corrected chi connectivity index (χ3v) is 7.67. The molecule has 2 aromatic rings. The predicted octanol–water partition coefficient (Wildman–Crippen LogP) is 4.06. The SMILES string of the molecule is Cc1ccc(C(=O)N2CCN(C3CCCC3)CC2)c(C2CCN(Cc3ccco3)CC2)n1. The first-order valence-corrected chi connectivity index (χ1v) is 12.4. The number of hydrogen-bond acceptors (Lipinski definition) is 5. The molecular weight excluding hydrogens is 400 g/mol. The standard InChI is InChI=1S/C26H36N4O2/c1-20-8-9-24(26(31)30-16-14-29(15-17-30)22-5-2-3-6-22)25(27-20)21-10-12-28(13-11-21)19-23-7-4-18-32-23/h4,7-9,18,21-22H,2-3,5-6,10-17,19H2,1H3. The lowest BCUT2D eigenvalue weighted by molar-refractivity contribution is 0.0570. The van der Waals surface area contributed by atoms with E-state index in [9.17, 15) is 4.79 Å². The van der Waals surface area contributed by atoms with E-state index in [4.69, 9.17) is 9.40 Å². The molecular formula is C26H36N4O2. The average molecular weight is 437 g/mol. The molecule has 0 unspecified atom stereocenters. The second kappa shape index (κ2) is 9.75. The Labute approximate surface area is 191 Å². The van der Waals surface area contributed by atoms with Crippen molar-refractivity contribution in [2.24, 2.45) is 0 Å². The highest BCUT2D eigenvalue weighted by Crippen LogP contribution is 2.31. The maximum absolute atomic E-state index is 13.5. The van der Waals surface area contributed by atoms with Crippen LogP contribution in [0.25, 0.3) is 0 Å². The Morgan fingerprint density at radius 1 is 1.00 bits per heavy atom. The summed E-state index contributed by atoms with van der Waals surface area (Å²) in [7, 11) is 0. The van der Waals surface area contributed by atoms with Crippen LogP contribution in [0.2, 0.25) is 0 Å². The number of amides is 1. The molecule has 3 aliphatic rings. The van der Waals surface area contributed by atoms with Gasteiger partial charge in [0.25, 0.3) is 5.91 Å². The van der Waals surface area contributed by atoms with Gasteiger partial charge in [0.15, 0.2) is 0 Å². The molecule has 2 aromatic heterocycles. The Kier molecular flexibility index (Phi) is 6.60. The number of aromatic nitrogens is 1. The molecule has 2 aliphatic heterocycles. The van der Waals surface area contributed by atoms with Crippen molar-refractivity contribution >= 4 is 5.91 Å². The molecule has 0 bridgehead atoms. The van der Waals surface area contributed by atoms with E-state index >= 15 is 0 Å². The minimum atomic E-state index is 0.177. The molecule has 4 heterocycles. The third kappa shape index (κ3) is 4.76. The van der Waals surface area contributed by atoms with Crippen LogP contribution in [0.4, 0.5) is 0 Å². The Hall–Kier alpha value is -2.18. The van der Waals surface area contributed by atoms with E-state index < -0.39 is 0 Å². The fourth-order valence-corrected chi connectivity index (χ4v) is 5.79. The number of aryl methyl sites for hydroxylation is 1. The topological polar surface area (TPSA) is 52.8 Å². The van der Waals surface area contributed by atoms with Crippen molar-refractivity contribution < 1.29 is 9.21 Å². The van der Waals surface area contributed by atoms with Gasteiger partial charge >= 0.3 is 0 Å². The highest BCUT2D eigenvalue weighted by atomic mass is 16.3. The van der Waals surface area contributed by atoms with Gasteiger partial charge in [-0.2, -0.15) is 0 Å². The average Bonchev–Trinajstić information content (AvgIpc) is 3.54. The van der Waals surface area contributed by atoms with E-state index in [1.165, 1.54) is 25.7 Å². The molecule has 32 heavy (non-hydrogen) atoms. The molecule has 3 fully saturated rings. The number of rotatable bonds is 5.